The van der Waals surface area contributed by atoms with E-state index in [1.165, 1.54) is 19.3 Å². The molecular formula is C25H43NO8. The molecule has 1 saturated carbocycles. The van der Waals surface area contributed by atoms with Crippen LogP contribution in [0.15, 0.2) is 12.2 Å². The van der Waals surface area contributed by atoms with Gasteiger partial charge in [0, 0.05) is 25.7 Å². The highest BCUT2D eigenvalue weighted by Gasteiger charge is 2.40. The van der Waals surface area contributed by atoms with Crippen LogP contribution in [0.4, 0.5) is 0 Å². The molecule has 0 radical (unpaired) electrons. The van der Waals surface area contributed by atoms with Crippen molar-refractivity contribution in [3.8, 4) is 0 Å². The minimum Gasteiger partial charge on any atom is -0.466 e. The smallest absolute Gasteiger partial charge is 0.305 e. The number of hydrogen-bond acceptors (Lipinski definition) is 8. The molecule has 1 rings (SSSR count). The average molecular weight is 486 g/mol. The van der Waals surface area contributed by atoms with Crippen molar-refractivity contribution in [3.05, 3.63) is 22.3 Å². The monoisotopic (exact) mass is 485 g/mol. The van der Waals surface area contributed by atoms with E-state index < -0.39 is 17.3 Å². The minimum atomic E-state index is -0.877. The van der Waals surface area contributed by atoms with Gasteiger partial charge in [0.2, 0.25) is 0 Å². The van der Waals surface area contributed by atoms with Crippen LogP contribution in [0, 0.1) is 22.0 Å². The highest BCUT2D eigenvalue weighted by Crippen LogP contribution is 2.38. The molecule has 196 valence electrons. The Bertz CT molecular complexity index is 624. The van der Waals surface area contributed by atoms with Crippen LogP contribution in [0.3, 0.4) is 0 Å². The van der Waals surface area contributed by atoms with Crippen molar-refractivity contribution < 1.29 is 34.5 Å². The van der Waals surface area contributed by atoms with Gasteiger partial charge in [-0.25, -0.2) is 0 Å². The van der Waals surface area contributed by atoms with Crippen LogP contribution in [-0.2, 0) is 19.2 Å². The molecule has 1 fully saturated rings. The third-order valence-electron chi connectivity index (χ3n) is 6.41. The Morgan fingerprint density at radius 3 is 2.41 bits per heavy atom. The van der Waals surface area contributed by atoms with Gasteiger partial charge in [0.25, 0.3) is 5.09 Å². The maximum absolute atomic E-state index is 12.2. The highest BCUT2D eigenvalue weighted by molar-refractivity contribution is 5.78. The molecule has 0 aliphatic heterocycles. The second-order valence-corrected chi connectivity index (χ2v) is 9.17. The number of Topliss-reactive ketones (excluding diaryl/α,β-unsaturated/α-hetero) is 1. The van der Waals surface area contributed by atoms with Crippen molar-refractivity contribution in [2.24, 2.45) is 11.8 Å². The third kappa shape index (κ3) is 13.6. The first-order valence-corrected chi connectivity index (χ1v) is 12.8. The maximum atomic E-state index is 12.2. The van der Waals surface area contributed by atoms with Gasteiger partial charge < -0.3 is 19.8 Å². The van der Waals surface area contributed by atoms with E-state index in [1.807, 2.05) is 12.2 Å². The van der Waals surface area contributed by atoms with Crippen molar-refractivity contribution in [2.75, 3.05) is 13.2 Å². The van der Waals surface area contributed by atoms with E-state index in [2.05, 4.69) is 11.8 Å². The lowest BCUT2D eigenvalue weighted by Crippen LogP contribution is -2.22. The summed E-state index contributed by atoms with van der Waals surface area (Å²) in [6.45, 7) is 2.16. The summed E-state index contributed by atoms with van der Waals surface area (Å²) in [7, 11) is 0. The topological polar surface area (TPSA) is 136 Å². The highest BCUT2D eigenvalue weighted by atomic mass is 16.9. The Balaban J connectivity index is 2.22. The van der Waals surface area contributed by atoms with Gasteiger partial charge in [0.1, 0.15) is 5.78 Å². The fourth-order valence-electron chi connectivity index (χ4n) is 4.48. The summed E-state index contributed by atoms with van der Waals surface area (Å²) in [6, 6.07) is 0. The first kappa shape index (κ1) is 30.0. The summed E-state index contributed by atoms with van der Waals surface area (Å²) in [4.78, 5) is 38.0. The van der Waals surface area contributed by atoms with Crippen molar-refractivity contribution in [2.45, 2.75) is 109 Å². The Morgan fingerprint density at radius 1 is 0.941 bits per heavy atom. The Kier molecular flexibility index (Phi) is 16.2. The first-order valence-electron chi connectivity index (χ1n) is 12.8. The second-order valence-electron chi connectivity index (χ2n) is 9.17. The summed E-state index contributed by atoms with van der Waals surface area (Å²) < 4.78 is 4.99. The summed E-state index contributed by atoms with van der Waals surface area (Å²) in [6.07, 6.45) is 12.9. The molecule has 9 heteroatoms. The zero-order valence-electron chi connectivity index (χ0n) is 20.6. The SMILES string of the molecule is CCCCCCCC(=O)CC[C@@H]1[C@@H](C/C=C\CCCC(=O)OCCCO[N+](=O)[O-])[C@@H](O)C[C@H]1O. The second kappa shape index (κ2) is 18.3. The van der Waals surface area contributed by atoms with E-state index >= 15 is 0 Å². The number of allylic oxidation sites excluding steroid dienone is 2. The number of ether oxygens (including phenoxy) is 1. The van der Waals surface area contributed by atoms with Crippen LogP contribution >= 0.6 is 0 Å². The van der Waals surface area contributed by atoms with Gasteiger partial charge in [-0.05, 0) is 50.4 Å². The average Bonchev–Trinajstić information content (AvgIpc) is 3.06. The van der Waals surface area contributed by atoms with Gasteiger partial charge in [-0.15, -0.1) is 10.1 Å². The zero-order valence-corrected chi connectivity index (χ0v) is 20.6. The number of ketones is 1. The largest absolute Gasteiger partial charge is 0.466 e. The molecule has 0 saturated heterocycles. The summed E-state index contributed by atoms with van der Waals surface area (Å²) in [5, 5.41) is 29.9. The predicted molar refractivity (Wildman–Crippen MR) is 127 cm³/mol. The molecule has 0 spiro atoms. The van der Waals surface area contributed by atoms with Gasteiger partial charge >= 0.3 is 5.97 Å². The molecular weight excluding hydrogens is 442 g/mol. The molecule has 0 aromatic heterocycles. The Hall–Kier alpha value is -2.00. The quantitative estimate of drug-likeness (QED) is 0.0856. The molecule has 0 amide bonds. The Morgan fingerprint density at radius 2 is 1.68 bits per heavy atom. The van der Waals surface area contributed by atoms with Crippen LogP contribution in [0.1, 0.15) is 96.8 Å². The molecule has 0 aromatic rings. The van der Waals surface area contributed by atoms with Crippen LogP contribution in [-0.4, -0.2) is 52.5 Å². The summed E-state index contributed by atoms with van der Waals surface area (Å²) in [5.41, 5.74) is 0. The predicted octanol–water partition coefficient (Wildman–Crippen LogP) is 4.31. The van der Waals surface area contributed by atoms with E-state index in [0.29, 0.717) is 44.9 Å². The summed E-state index contributed by atoms with van der Waals surface area (Å²) in [5.74, 6) is -0.233. The fourth-order valence-corrected chi connectivity index (χ4v) is 4.48. The Labute approximate surface area is 203 Å². The lowest BCUT2D eigenvalue weighted by molar-refractivity contribution is -0.757. The molecule has 2 N–H and O–H groups in total. The number of aliphatic hydroxyl groups excluding tert-OH is 2. The van der Waals surface area contributed by atoms with Crippen molar-refractivity contribution >= 4 is 11.8 Å². The zero-order chi connectivity index (χ0) is 25.2. The van der Waals surface area contributed by atoms with E-state index in [1.54, 1.807) is 0 Å². The molecule has 9 nitrogen and oxygen atoms in total. The van der Waals surface area contributed by atoms with Gasteiger partial charge in [0.15, 0.2) is 0 Å². The number of aliphatic hydroxyl groups is 2. The fraction of sp³-hybridized carbons (Fsp3) is 0.840. The number of carbonyl (C=O) groups excluding carboxylic acids is 2. The number of rotatable bonds is 20. The standard InChI is InChI=1S/C25H43NO8/c1-2-3-4-5-8-12-20(27)15-16-22-21(23(28)19-24(22)29)13-9-6-7-10-14-25(30)33-17-11-18-34-26(31)32/h6,9,21-24,28-29H,2-5,7-8,10-19H2,1H3/b9-6-/t21-,22-,23+,24-/m1/s1. The van der Waals surface area contributed by atoms with Crippen molar-refractivity contribution in [3.63, 3.8) is 0 Å². The molecule has 1 aliphatic carbocycles. The molecule has 4 atom stereocenters. The van der Waals surface area contributed by atoms with Gasteiger partial charge in [0.05, 0.1) is 25.4 Å². The van der Waals surface area contributed by atoms with Gasteiger partial charge in [-0.2, -0.15) is 0 Å². The van der Waals surface area contributed by atoms with Crippen LogP contribution in [0.2, 0.25) is 0 Å². The summed E-state index contributed by atoms with van der Waals surface area (Å²) >= 11 is 0. The number of carbonyl (C=O) groups is 2. The number of hydrogen-bond donors (Lipinski definition) is 2. The normalized spacial score (nSPS) is 22.2. The third-order valence-corrected chi connectivity index (χ3v) is 6.41. The van der Waals surface area contributed by atoms with Crippen LogP contribution < -0.4 is 0 Å². The molecule has 1 aliphatic rings. The van der Waals surface area contributed by atoms with Gasteiger partial charge in [-0.1, -0.05) is 44.8 Å². The maximum Gasteiger partial charge on any atom is 0.305 e. The lowest BCUT2D eigenvalue weighted by Gasteiger charge is -2.22. The number of esters is 1. The molecule has 0 unspecified atom stereocenters. The molecule has 34 heavy (non-hydrogen) atoms. The first-order chi connectivity index (χ1) is 16.3. The minimum absolute atomic E-state index is 0.0602. The van der Waals surface area contributed by atoms with E-state index in [0.717, 1.165) is 12.8 Å². The van der Waals surface area contributed by atoms with Crippen molar-refractivity contribution in [1.29, 1.82) is 0 Å². The lowest BCUT2D eigenvalue weighted by atomic mass is 9.86. The van der Waals surface area contributed by atoms with E-state index in [4.69, 9.17) is 4.74 Å². The van der Waals surface area contributed by atoms with Crippen LogP contribution in [0.25, 0.3) is 0 Å². The number of unbranched alkanes of at least 4 members (excludes halogenated alkanes) is 5. The molecule has 0 bridgehead atoms. The van der Waals surface area contributed by atoms with E-state index in [9.17, 15) is 29.9 Å². The van der Waals surface area contributed by atoms with E-state index in [-0.39, 0.29) is 49.6 Å². The molecule has 0 heterocycles. The molecule has 0 aromatic carbocycles. The van der Waals surface area contributed by atoms with Crippen LogP contribution in [0.5, 0.6) is 0 Å². The van der Waals surface area contributed by atoms with Gasteiger partial charge in [-0.3, -0.25) is 9.59 Å². The number of nitrogens with zero attached hydrogens (tertiary/aromatic N) is 1. The van der Waals surface area contributed by atoms with Crippen molar-refractivity contribution in [1.82, 2.24) is 0 Å².